The standard InChI is InChI=1S/C26H24N4O3/c1-18(31)30-15-14-19-8-5-6-13-23(19)24(30)17-25(32)27-21-11-7-12-22(16-21)29-26(33)28-20-9-3-2-4-10-20/h2-16,24H,17H2,1H3,(H,27,32)(H2,28,29,33). The summed E-state index contributed by atoms with van der Waals surface area (Å²) >= 11 is 0. The van der Waals surface area contributed by atoms with Crippen LogP contribution in [-0.4, -0.2) is 22.7 Å². The zero-order chi connectivity index (χ0) is 23.2. The van der Waals surface area contributed by atoms with E-state index in [1.165, 1.54) is 6.92 Å². The molecule has 1 unspecified atom stereocenters. The Hall–Kier alpha value is -4.39. The SMILES string of the molecule is CC(=O)N1C=Cc2ccccc2C1CC(=O)Nc1cccc(NC(=O)Nc2ccccc2)c1. The van der Waals surface area contributed by atoms with Gasteiger partial charge in [0.2, 0.25) is 11.8 Å². The predicted molar refractivity (Wildman–Crippen MR) is 130 cm³/mol. The van der Waals surface area contributed by atoms with Gasteiger partial charge in [0.15, 0.2) is 0 Å². The molecule has 0 spiro atoms. The number of nitrogens with one attached hydrogen (secondary N) is 3. The van der Waals surface area contributed by atoms with Crippen LogP contribution in [0.5, 0.6) is 0 Å². The van der Waals surface area contributed by atoms with Gasteiger partial charge < -0.3 is 20.9 Å². The van der Waals surface area contributed by atoms with Crippen molar-refractivity contribution in [1.82, 2.24) is 4.90 Å². The lowest BCUT2D eigenvalue weighted by molar-refractivity contribution is -0.129. The molecule has 0 saturated carbocycles. The average molecular weight is 441 g/mol. The first-order valence-electron chi connectivity index (χ1n) is 10.6. The highest BCUT2D eigenvalue weighted by atomic mass is 16.2. The molecule has 3 N–H and O–H groups in total. The molecule has 7 heteroatoms. The summed E-state index contributed by atoms with van der Waals surface area (Å²) < 4.78 is 0. The molecule has 3 aromatic carbocycles. The molecule has 0 saturated heterocycles. The van der Waals surface area contributed by atoms with E-state index in [0.717, 1.165) is 11.1 Å². The van der Waals surface area contributed by atoms with Gasteiger partial charge in [-0.3, -0.25) is 9.59 Å². The van der Waals surface area contributed by atoms with Crippen molar-refractivity contribution in [2.24, 2.45) is 0 Å². The first-order chi connectivity index (χ1) is 16.0. The maximum absolute atomic E-state index is 12.9. The van der Waals surface area contributed by atoms with Crippen molar-refractivity contribution in [2.75, 3.05) is 16.0 Å². The van der Waals surface area contributed by atoms with Gasteiger partial charge in [0.25, 0.3) is 0 Å². The Kier molecular flexibility index (Phi) is 6.50. The summed E-state index contributed by atoms with van der Waals surface area (Å²) in [4.78, 5) is 38.8. The number of hydrogen-bond acceptors (Lipinski definition) is 3. The van der Waals surface area contributed by atoms with E-state index < -0.39 is 0 Å². The molecule has 1 aliphatic rings. The fraction of sp³-hybridized carbons (Fsp3) is 0.115. The molecule has 0 aliphatic carbocycles. The van der Waals surface area contributed by atoms with Crippen molar-refractivity contribution in [3.05, 3.63) is 96.2 Å². The Morgan fingerprint density at radius 2 is 1.42 bits per heavy atom. The predicted octanol–water partition coefficient (Wildman–Crippen LogP) is 5.23. The van der Waals surface area contributed by atoms with E-state index in [9.17, 15) is 14.4 Å². The van der Waals surface area contributed by atoms with Crippen molar-refractivity contribution in [1.29, 1.82) is 0 Å². The lowest BCUT2D eigenvalue weighted by Gasteiger charge is -2.32. The summed E-state index contributed by atoms with van der Waals surface area (Å²) in [6, 6.07) is 23.0. The van der Waals surface area contributed by atoms with Gasteiger partial charge in [-0.05, 0) is 47.5 Å². The number of urea groups is 1. The van der Waals surface area contributed by atoms with Gasteiger partial charge in [0.1, 0.15) is 0 Å². The molecule has 1 heterocycles. The molecule has 1 aliphatic heterocycles. The second kappa shape index (κ2) is 9.82. The smallest absolute Gasteiger partial charge is 0.323 e. The van der Waals surface area contributed by atoms with Crippen LogP contribution in [0.15, 0.2) is 85.1 Å². The van der Waals surface area contributed by atoms with E-state index in [2.05, 4.69) is 16.0 Å². The minimum Gasteiger partial charge on any atom is -0.326 e. The van der Waals surface area contributed by atoms with Crippen LogP contribution < -0.4 is 16.0 Å². The summed E-state index contributed by atoms with van der Waals surface area (Å²) in [6.07, 6.45) is 3.70. The van der Waals surface area contributed by atoms with Crippen molar-refractivity contribution in [3.63, 3.8) is 0 Å². The summed E-state index contributed by atoms with van der Waals surface area (Å²) in [7, 11) is 0. The van der Waals surface area contributed by atoms with Crippen LogP contribution in [0.1, 0.15) is 30.5 Å². The number of fused-ring (bicyclic) bond motifs is 1. The molecule has 33 heavy (non-hydrogen) atoms. The Balaban J connectivity index is 1.42. The van der Waals surface area contributed by atoms with Gasteiger partial charge in [-0.25, -0.2) is 4.79 Å². The molecule has 4 rings (SSSR count). The zero-order valence-electron chi connectivity index (χ0n) is 18.1. The van der Waals surface area contributed by atoms with E-state index in [1.807, 2.05) is 48.5 Å². The van der Waals surface area contributed by atoms with Crippen molar-refractivity contribution in [2.45, 2.75) is 19.4 Å². The van der Waals surface area contributed by atoms with Crippen molar-refractivity contribution in [3.8, 4) is 0 Å². The molecule has 1 atom stereocenters. The van der Waals surface area contributed by atoms with E-state index in [-0.39, 0.29) is 30.3 Å². The van der Waals surface area contributed by atoms with Crippen molar-refractivity contribution >= 4 is 41.0 Å². The van der Waals surface area contributed by atoms with Gasteiger partial charge in [-0.2, -0.15) is 0 Å². The van der Waals surface area contributed by atoms with Crippen LogP contribution in [-0.2, 0) is 9.59 Å². The molecule has 4 amide bonds. The maximum atomic E-state index is 12.9. The van der Waals surface area contributed by atoms with E-state index in [1.54, 1.807) is 47.5 Å². The van der Waals surface area contributed by atoms with E-state index in [0.29, 0.717) is 17.1 Å². The van der Waals surface area contributed by atoms with Crippen LogP contribution in [0.4, 0.5) is 21.9 Å². The van der Waals surface area contributed by atoms with Gasteiger partial charge in [-0.1, -0.05) is 48.5 Å². The third-order valence-electron chi connectivity index (χ3n) is 5.28. The number of nitrogens with zero attached hydrogens (tertiary/aromatic N) is 1. The fourth-order valence-electron chi connectivity index (χ4n) is 3.79. The van der Waals surface area contributed by atoms with Crippen LogP contribution >= 0.6 is 0 Å². The molecule has 3 aromatic rings. The number of benzene rings is 3. The van der Waals surface area contributed by atoms with Crippen LogP contribution in [0, 0.1) is 0 Å². The summed E-state index contributed by atoms with van der Waals surface area (Å²) in [5, 5.41) is 8.38. The summed E-state index contributed by atoms with van der Waals surface area (Å²) in [5.74, 6) is -0.364. The number of anilines is 3. The summed E-state index contributed by atoms with van der Waals surface area (Å²) in [6.45, 7) is 1.48. The summed E-state index contributed by atoms with van der Waals surface area (Å²) in [5.41, 5.74) is 3.68. The number of para-hydroxylation sites is 1. The molecular weight excluding hydrogens is 416 g/mol. The van der Waals surface area contributed by atoms with Crippen molar-refractivity contribution < 1.29 is 14.4 Å². The van der Waals surface area contributed by atoms with E-state index >= 15 is 0 Å². The van der Waals surface area contributed by atoms with Crippen LogP contribution in [0.25, 0.3) is 6.08 Å². The Labute approximate surface area is 192 Å². The molecule has 0 radical (unpaired) electrons. The monoisotopic (exact) mass is 440 g/mol. The first kappa shape index (κ1) is 21.8. The second-order valence-electron chi connectivity index (χ2n) is 7.66. The molecular formula is C26H24N4O3. The van der Waals surface area contributed by atoms with E-state index in [4.69, 9.17) is 0 Å². The highest BCUT2D eigenvalue weighted by molar-refractivity contribution is 6.00. The quantitative estimate of drug-likeness (QED) is 0.507. The minimum absolute atomic E-state index is 0.104. The number of carbonyl (C=O) groups is 3. The van der Waals surface area contributed by atoms with Crippen LogP contribution in [0.2, 0.25) is 0 Å². The topological polar surface area (TPSA) is 90.5 Å². The minimum atomic E-state index is -0.387. The van der Waals surface area contributed by atoms with Gasteiger partial charge in [-0.15, -0.1) is 0 Å². The van der Waals surface area contributed by atoms with Gasteiger partial charge >= 0.3 is 6.03 Å². The molecule has 0 aromatic heterocycles. The molecule has 7 nitrogen and oxygen atoms in total. The molecule has 166 valence electrons. The Morgan fingerprint density at radius 3 is 2.18 bits per heavy atom. The highest BCUT2D eigenvalue weighted by Gasteiger charge is 2.28. The lowest BCUT2D eigenvalue weighted by atomic mass is 9.93. The highest BCUT2D eigenvalue weighted by Crippen LogP contribution is 2.33. The maximum Gasteiger partial charge on any atom is 0.323 e. The largest absolute Gasteiger partial charge is 0.326 e. The molecule has 0 fully saturated rings. The van der Waals surface area contributed by atoms with Gasteiger partial charge in [0.05, 0.1) is 12.5 Å². The molecule has 0 bridgehead atoms. The second-order valence-corrected chi connectivity index (χ2v) is 7.66. The zero-order valence-corrected chi connectivity index (χ0v) is 18.1. The van der Waals surface area contributed by atoms with Gasteiger partial charge in [0, 0.05) is 30.2 Å². The number of rotatable bonds is 5. The average Bonchev–Trinajstić information content (AvgIpc) is 2.80. The third kappa shape index (κ3) is 5.46. The lowest BCUT2D eigenvalue weighted by Crippen LogP contribution is -2.33. The Morgan fingerprint density at radius 1 is 0.788 bits per heavy atom. The number of carbonyl (C=O) groups excluding carboxylic acids is 3. The Bertz CT molecular complexity index is 1210. The fourth-order valence-corrected chi connectivity index (χ4v) is 3.79. The normalized spacial score (nSPS) is 14.2. The van der Waals surface area contributed by atoms with Crippen LogP contribution in [0.3, 0.4) is 0 Å². The number of amides is 4. The number of hydrogen-bond donors (Lipinski definition) is 3. The third-order valence-corrected chi connectivity index (χ3v) is 5.28. The first-order valence-corrected chi connectivity index (χ1v) is 10.6.